The molecule has 0 spiro atoms. The molecule has 2 rings (SSSR count). The number of hydrogen-bond donors (Lipinski definition) is 1. The smallest absolute Gasteiger partial charge is 0.180 e. The van der Waals surface area contributed by atoms with Gasteiger partial charge in [0.1, 0.15) is 5.75 Å². The molecular formula is C14H16N2O2. The van der Waals surface area contributed by atoms with E-state index in [0.717, 1.165) is 17.8 Å². The van der Waals surface area contributed by atoms with Gasteiger partial charge in [-0.25, -0.2) is 0 Å². The molecule has 0 aliphatic rings. The van der Waals surface area contributed by atoms with Crippen LogP contribution in [0.1, 0.15) is 24.0 Å². The average molecular weight is 244 g/mol. The van der Waals surface area contributed by atoms with Crippen LogP contribution in [-0.4, -0.2) is 15.1 Å². The van der Waals surface area contributed by atoms with Crippen molar-refractivity contribution in [1.29, 1.82) is 0 Å². The summed E-state index contributed by atoms with van der Waals surface area (Å²) in [7, 11) is 0. The van der Waals surface area contributed by atoms with Crippen LogP contribution in [-0.2, 0) is 6.42 Å². The van der Waals surface area contributed by atoms with E-state index in [4.69, 9.17) is 4.74 Å². The highest BCUT2D eigenvalue weighted by Gasteiger charge is 2.10. The van der Waals surface area contributed by atoms with Crippen molar-refractivity contribution in [2.45, 2.75) is 27.2 Å². The van der Waals surface area contributed by atoms with Crippen LogP contribution in [0.2, 0.25) is 0 Å². The molecule has 0 saturated carbocycles. The van der Waals surface area contributed by atoms with Crippen molar-refractivity contribution < 1.29 is 9.84 Å². The zero-order valence-corrected chi connectivity index (χ0v) is 10.8. The molecule has 0 bridgehead atoms. The monoisotopic (exact) mass is 244 g/mol. The van der Waals surface area contributed by atoms with E-state index in [1.54, 1.807) is 19.2 Å². The third-order valence-electron chi connectivity index (χ3n) is 2.70. The molecule has 0 amide bonds. The molecule has 2 aromatic heterocycles. The van der Waals surface area contributed by atoms with E-state index in [2.05, 4.69) is 9.97 Å². The Balaban J connectivity index is 2.37. The van der Waals surface area contributed by atoms with Crippen molar-refractivity contribution in [3.8, 4) is 17.2 Å². The van der Waals surface area contributed by atoms with E-state index in [1.807, 2.05) is 26.0 Å². The van der Waals surface area contributed by atoms with Crippen LogP contribution >= 0.6 is 0 Å². The first kappa shape index (κ1) is 12.4. The molecule has 0 radical (unpaired) electrons. The maximum atomic E-state index is 9.87. The number of aryl methyl sites for hydroxylation is 3. The Morgan fingerprint density at radius 1 is 1.17 bits per heavy atom. The lowest BCUT2D eigenvalue weighted by atomic mass is 10.2. The van der Waals surface area contributed by atoms with Crippen molar-refractivity contribution in [3.63, 3.8) is 0 Å². The predicted octanol–water partition coefficient (Wildman–Crippen LogP) is 3.15. The van der Waals surface area contributed by atoms with Crippen LogP contribution in [0.3, 0.4) is 0 Å². The third-order valence-corrected chi connectivity index (χ3v) is 2.70. The molecule has 0 unspecified atom stereocenters. The van der Waals surface area contributed by atoms with Crippen molar-refractivity contribution in [3.05, 3.63) is 41.5 Å². The minimum Gasteiger partial charge on any atom is -0.503 e. The summed E-state index contributed by atoms with van der Waals surface area (Å²) in [5.74, 6) is 1.15. The fraction of sp³-hybridized carbons (Fsp3) is 0.286. The van der Waals surface area contributed by atoms with Gasteiger partial charge in [-0.1, -0.05) is 6.92 Å². The van der Waals surface area contributed by atoms with Crippen LogP contribution in [0.4, 0.5) is 0 Å². The minimum atomic E-state index is 0.0696. The summed E-state index contributed by atoms with van der Waals surface area (Å²) in [5.41, 5.74) is 2.38. The molecule has 4 nitrogen and oxygen atoms in total. The van der Waals surface area contributed by atoms with Gasteiger partial charge >= 0.3 is 0 Å². The van der Waals surface area contributed by atoms with Gasteiger partial charge in [0, 0.05) is 18.0 Å². The van der Waals surface area contributed by atoms with E-state index < -0.39 is 0 Å². The molecule has 2 aromatic rings. The van der Waals surface area contributed by atoms with E-state index >= 15 is 0 Å². The zero-order valence-electron chi connectivity index (χ0n) is 10.8. The van der Waals surface area contributed by atoms with E-state index in [9.17, 15) is 5.11 Å². The molecule has 0 aliphatic carbocycles. The molecule has 0 aliphatic heterocycles. The molecule has 2 heterocycles. The maximum absolute atomic E-state index is 9.87. The molecule has 0 aromatic carbocycles. The number of pyridine rings is 2. The molecule has 94 valence electrons. The lowest BCUT2D eigenvalue weighted by molar-refractivity contribution is 0.402. The third kappa shape index (κ3) is 2.42. The van der Waals surface area contributed by atoms with Gasteiger partial charge in [-0.05, 0) is 32.4 Å². The highest BCUT2D eigenvalue weighted by Crippen LogP contribution is 2.33. The second-order valence-corrected chi connectivity index (χ2v) is 4.10. The fourth-order valence-electron chi connectivity index (χ4n) is 1.68. The summed E-state index contributed by atoms with van der Waals surface area (Å²) in [6.45, 7) is 5.69. The fourth-order valence-corrected chi connectivity index (χ4v) is 1.68. The number of ether oxygens (including phenoxy) is 1. The molecule has 0 fully saturated rings. The van der Waals surface area contributed by atoms with Gasteiger partial charge in [0.15, 0.2) is 11.5 Å². The zero-order chi connectivity index (χ0) is 13.1. The van der Waals surface area contributed by atoms with Crippen LogP contribution < -0.4 is 4.74 Å². The van der Waals surface area contributed by atoms with Gasteiger partial charge in [-0.3, -0.25) is 9.97 Å². The van der Waals surface area contributed by atoms with Crippen molar-refractivity contribution in [2.75, 3.05) is 0 Å². The van der Waals surface area contributed by atoms with Crippen molar-refractivity contribution in [2.24, 2.45) is 0 Å². The van der Waals surface area contributed by atoms with E-state index in [1.165, 1.54) is 0 Å². The Morgan fingerprint density at radius 2 is 1.94 bits per heavy atom. The summed E-state index contributed by atoms with van der Waals surface area (Å²) >= 11 is 0. The van der Waals surface area contributed by atoms with Gasteiger partial charge in [0.05, 0.1) is 11.4 Å². The summed E-state index contributed by atoms with van der Waals surface area (Å²) in [6.07, 6.45) is 2.39. The molecule has 1 N–H and O–H groups in total. The second kappa shape index (κ2) is 5.04. The molecule has 4 heteroatoms. The quantitative estimate of drug-likeness (QED) is 0.901. The second-order valence-electron chi connectivity index (χ2n) is 4.10. The average Bonchev–Trinajstić information content (AvgIpc) is 2.37. The van der Waals surface area contributed by atoms with Crippen molar-refractivity contribution >= 4 is 0 Å². The first-order valence-electron chi connectivity index (χ1n) is 5.90. The summed E-state index contributed by atoms with van der Waals surface area (Å²) in [4.78, 5) is 8.41. The Bertz CT molecular complexity index is 568. The Hall–Kier alpha value is -2.10. The predicted molar refractivity (Wildman–Crippen MR) is 69.1 cm³/mol. The van der Waals surface area contributed by atoms with Crippen molar-refractivity contribution in [1.82, 2.24) is 9.97 Å². The SMILES string of the molecule is CCc1nc(C)ccc1Oc1ccnc(C)c1O. The number of aromatic nitrogens is 2. The Morgan fingerprint density at radius 3 is 2.67 bits per heavy atom. The topological polar surface area (TPSA) is 55.2 Å². The number of aromatic hydroxyl groups is 1. The maximum Gasteiger partial charge on any atom is 0.180 e. The highest BCUT2D eigenvalue weighted by atomic mass is 16.5. The molecular weight excluding hydrogens is 228 g/mol. The summed E-state index contributed by atoms with van der Waals surface area (Å²) < 4.78 is 5.71. The standard InChI is InChI=1S/C14H16N2O2/c1-4-11-12(6-5-9(2)16-11)18-13-7-8-15-10(3)14(13)17/h5-8,17H,4H2,1-3H3. The van der Waals surface area contributed by atoms with Gasteiger partial charge in [-0.15, -0.1) is 0 Å². The minimum absolute atomic E-state index is 0.0696. The van der Waals surface area contributed by atoms with Gasteiger partial charge in [0.25, 0.3) is 0 Å². The van der Waals surface area contributed by atoms with Gasteiger partial charge in [0.2, 0.25) is 0 Å². The summed E-state index contributed by atoms with van der Waals surface area (Å²) in [6, 6.07) is 5.40. The highest BCUT2D eigenvalue weighted by molar-refractivity contribution is 5.44. The number of hydrogen-bond acceptors (Lipinski definition) is 4. The first-order chi connectivity index (χ1) is 8.61. The lowest BCUT2D eigenvalue weighted by Crippen LogP contribution is -1.96. The molecule has 18 heavy (non-hydrogen) atoms. The van der Waals surface area contributed by atoms with Crippen LogP contribution in [0, 0.1) is 13.8 Å². The Kier molecular flexibility index (Phi) is 3.46. The van der Waals surface area contributed by atoms with Gasteiger partial charge < -0.3 is 9.84 Å². The van der Waals surface area contributed by atoms with Gasteiger partial charge in [-0.2, -0.15) is 0 Å². The van der Waals surface area contributed by atoms with Crippen LogP contribution in [0.25, 0.3) is 0 Å². The number of rotatable bonds is 3. The number of nitrogens with zero attached hydrogens (tertiary/aromatic N) is 2. The summed E-state index contributed by atoms with van der Waals surface area (Å²) in [5, 5.41) is 9.87. The lowest BCUT2D eigenvalue weighted by Gasteiger charge is -2.11. The molecule has 0 saturated heterocycles. The largest absolute Gasteiger partial charge is 0.503 e. The van der Waals surface area contributed by atoms with E-state index in [-0.39, 0.29) is 5.75 Å². The Labute approximate surface area is 106 Å². The van der Waals surface area contributed by atoms with Crippen LogP contribution in [0.15, 0.2) is 24.4 Å². The normalized spacial score (nSPS) is 10.4. The van der Waals surface area contributed by atoms with Crippen LogP contribution in [0.5, 0.6) is 17.2 Å². The van der Waals surface area contributed by atoms with E-state index in [0.29, 0.717) is 17.2 Å². The molecule has 0 atom stereocenters. The first-order valence-corrected chi connectivity index (χ1v) is 5.90.